The van der Waals surface area contributed by atoms with E-state index < -0.39 is 24.1 Å². The number of benzene rings is 1. The zero-order valence-electron chi connectivity index (χ0n) is 16.4. The van der Waals surface area contributed by atoms with Crippen molar-refractivity contribution in [3.63, 3.8) is 0 Å². The molecule has 7 nitrogen and oxygen atoms in total. The fourth-order valence-electron chi connectivity index (χ4n) is 3.92. The van der Waals surface area contributed by atoms with Crippen LogP contribution in [0.25, 0.3) is 10.8 Å². The first-order valence-corrected chi connectivity index (χ1v) is 9.70. The van der Waals surface area contributed by atoms with E-state index >= 15 is 0 Å². The summed E-state index contributed by atoms with van der Waals surface area (Å²) in [7, 11) is 0. The fraction of sp³-hybridized carbons (Fsp3) is 0.524. The number of rotatable bonds is 5. The summed E-state index contributed by atoms with van der Waals surface area (Å²) >= 11 is 0. The Morgan fingerprint density at radius 1 is 1.21 bits per heavy atom. The van der Waals surface area contributed by atoms with E-state index in [0.717, 1.165) is 19.3 Å². The molecule has 3 rings (SSSR count). The molecule has 0 saturated heterocycles. The zero-order chi connectivity index (χ0) is 20.3. The number of nitrogens with zero attached hydrogens (tertiary/aromatic N) is 1. The Labute approximate surface area is 163 Å². The van der Waals surface area contributed by atoms with Gasteiger partial charge < -0.3 is 9.47 Å². The summed E-state index contributed by atoms with van der Waals surface area (Å²) in [5, 5.41) is 6.77. The minimum atomic E-state index is -0.776. The van der Waals surface area contributed by atoms with Crippen LogP contribution in [0.3, 0.4) is 0 Å². The molecule has 0 spiro atoms. The van der Waals surface area contributed by atoms with Crippen molar-refractivity contribution in [3.05, 3.63) is 40.3 Å². The minimum Gasteiger partial charge on any atom is -0.460 e. The van der Waals surface area contributed by atoms with E-state index in [2.05, 4.69) is 31.0 Å². The van der Waals surface area contributed by atoms with Crippen molar-refractivity contribution >= 4 is 22.7 Å². The molecule has 0 radical (unpaired) electrons. The van der Waals surface area contributed by atoms with Gasteiger partial charge in [0, 0.05) is 5.39 Å². The van der Waals surface area contributed by atoms with Gasteiger partial charge in [-0.1, -0.05) is 45.4 Å². The number of H-pyrrole nitrogens is 1. The highest BCUT2D eigenvalue weighted by Crippen LogP contribution is 2.35. The van der Waals surface area contributed by atoms with E-state index in [-0.39, 0.29) is 11.8 Å². The van der Waals surface area contributed by atoms with Crippen molar-refractivity contribution in [1.82, 2.24) is 10.2 Å². The third-order valence-electron chi connectivity index (χ3n) is 5.45. The van der Waals surface area contributed by atoms with Crippen LogP contribution in [0.4, 0.5) is 0 Å². The van der Waals surface area contributed by atoms with Gasteiger partial charge in [0.2, 0.25) is 0 Å². The lowest BCUT2D eigenvalue weighted by atomic mass is 9.75. The van der Waals surface area contributed by atoms with Crippen molar-refractivity contribution in [2.75, 3.05) is 6.61 Å². The average Bonchev–Trinajstić information content (AvgIpc) is 2.66. The van der Waals surface area contributed by atoms with Crippen LogP contribution in [0.5, 0.6) is 0 Å². The first-order valence-electron chi connectivity index (χ1n) is 9.70. The quantitative estimate of drug-likeness (QED) is 0.793. The van der Waals surface area contributed by atoms with Crippen LogP contribution in [-0.2, 0) is 14.3 Å². The van der Waals surface area contributed by atoms with Gasteiger partial charge in [0.15, 0.2) is 12.3 Å². The van der Waals surface area contributed by atoms with E-state index in [1.807, 2.05) is 0 Å². The van der Waals surface area contributed by atoms with E-state index in [1.165, 1.54) is 0 Å². The molecule has 0 amide bonds. The standard InChI is InChI=1S/C21H26N2O5/c1-12(2)14-9-8-13(3)10-17(14)28-18(24)11-27-21(26)19-15-6-4-5-7-16(15)20(25)23-22-19/h4-7,12-14,17H,8-11H2,1-3H3,(H,23,25)/t13-,14-,17+/m0/s1. The molecule has 0 bridgehead atoms. The first kappa shape index (κ1) is 20.0. The Morgan fingerprint density at radius 3 is 2.64 bits per heavy atom. The number of fused-ring (bicyclic) bond motifs is 1. The maximum atomic E-state index is 12.4. The van der Waals surface area contributed by atoms with Crippen LogP contribution < -0.4 is 5.56 Å². The molecule has 1 aromatic heterocycles. The van der Waals surface area contributed by atoms with E-state index in [0.29, 0.717) is 28.5 Å². The summed E-state index contributed by atoms with van der Waals surface area (Å²) in [4.78, 5) is 36.4. The van der Waals surface area contributed by atoms with Crippen LogP contribution in [0.15, 0.2) is 29.1 Å². The SMILES string of the molecule is CC(C)[C@@H]1CC[C@H](C)C[C@H]1OC(=O)COC(=O)c1n[nH]c(=O)c2ccccc12. The summed E-state index contributed by atoms with van der Waals surface area (Å²) in [5.41, 5.74) is -0.424. The molecule has 0 unspecified atom stereocenters. The first-order chi connectivity index (χ1) is 13.4. The van der Waals surface area contributed by atoms with Gasteiger partial charge >= 0.3 is 11.9 Å². The monoisotopic (exact) mass is 386 g/mol. The van der Waals surface area contributed by atoms with Crippen molar-refractivity contribution in [1.29, 1.82) is 0 Å². The molecule has 1 aliphatic rings. The molecule has 1 heterocycles. The summed E-state index contributed by atoms with van der Waals surface area (Å²) < 4.78 is 10.7. The number of hydrogen-bond donors (Lipinski definition) is 1. The maximum Gasteiger partial charge on any atom is 0.360 e. The van der Waals surface area contributed by atoms with Gasteiger partial charge in [0.1, 0.15) is 6.10 Å². The number of aromatic nitrogens is 2. The molecule has 1 saturated carbocycles. The van der Waals surface area contributed by atoms with Gasteiger partial charge in [0.25, 0.3) is 5.56 Å². The van der Waals surface area contributed by atoms with E-state index in [1.54, 1.807) is 24.3 Å². The summed E-state index contributed by atoms with van der Waals surface area (Å²) in [6.07, 6.45) is 2.84. The van der Waals surface area contributed by atoms with Gasteiger partial charge in [-0.3, -0.25) is 4.79 Å². The summed E-state index contributed by atoms with van der Waals surface area (Å²) in [5.74, 6) is -0.0917. The summed E-state index contributed by atoms with van der Waals surface area (Å²) in [6, 6.07) is 6.60. The largest absolute Gasteiger partial charge is 0.460 e. The highest BCUT2D eigenvalue weighted by Gasteiger charge is 2.33. The smallest absolute Gasteiger partial charge is 0.360 e. The summed E-state index contributed by atoms with van der Waals surface area (Å²) in [6.45, 7) is 5.94. The Morgan fingerprint density at radius 2 is 1.93 bits per heavy atom. The van der Waals surface area contributed by atoms with Crippen LogP contribution in [-0.4, -0.2) is 34.8 Å². The van der Waals surface area contributed by atoms with Gasteiger partial charge in [-0.25, -0.2) is 14.7 Å². The number of esters is 2. The number of carbonyl (C=O) groups excluding carboxylic acids is 2. The Balaban J connectivity index is 1.64. The molecule has 150 valence electrons. The van der Waals surface area contributed by atoms with Gasteiger partial charge in [-0.05, 0) is 36.7 Å². The number of carbonyl (C=O) groups is 2. The van der Waals surface area contributed by atoms with Gasteiger partial charge in [0.05, 0.1) is 5.39 Å². The lowest BCUT2D eigenvalue weighted by molar-refractivity contribution is -0.159. The number of aromatic amines is 1. The minimum absolute atomic E-state index is 0.0330. The lowest BCUT2D eigenvalue weighted by Crippen LogP contribution is -2.36. The average molecular weight is 386 g/mol. The molecule has 1 N–H and O–H groups in total. The van der Waals surface area contributed by atoms with Crippen LogP contribution in [0.1, 0.15) is 50.5 Å². The Kier molecular flexibility index (Phi) is 6.11. The predicted molar refractivity (Wildman–Crippen MR) is 104 cm³/mol. The Hall–Kier alpha value is -2.70. The van der Waals surface area contributed by atoms with E-state index in [4.69, 9.17) is 9.47 Å². The zero-order valence-corrected chi connectivity index (χ0v) is 16.4. The van der Waals surface area contributed by atoms with Crippen LogP contribution >= 0.6 is 0 Å². The van der Waals surface area contributed by atoms with Crippen LogP contribution in [0, 0.1) is 17.8 Å². The molecule has 1 aromatic carbocycles. The molecule has 1 aliphatic carbocycles. The second-order valence-corrected chi connectivity index (χ2v) is 7.88. The third kappa shape index (κ3) is 4.40. The topological polar surface area (TPSA) is 98.3 Å². The van der Waals surface area contributed by atoms with Gasteiger partial charge in [-0.15, -0.1) is 0 Å². The normalized spacial score (nSPS) is 22.2. The third-order valence-corrected chi connectivity index (χ3v) is 5.45. The number of ether oxygens (including phenoxy) is 2. The molecule has 3 atom stereocenters. The molecular weight excluding hydrogens is 360 g/mol. The molecule has 0 aliphatic heterocycles. The highest BCUT2D eigenvalue weighted by atomic mass is 16.6. The second-order valence-electron chi connectivity index (χ2n) is 7.88. The number of hydrogen-bond acceptors (Lipinski definition) is 6. The Bertz CT molecular complexity index is 920. The molecule has 28 heavy (non-hydrogen) atoms. The number of nitrogens with one attached hydrogen (secondary N) is 1. The predicted octanol–water partition coefficient (Wildman–Crippen LogP) is 3.08. The van der Waals surface area contributed by atoms with Crippen LogP contribution in [0.2, 0.25) is 0 Å². The lowest BCUT2D eigenvalue weighted by Gasteiger charge is -2.36. The van der Waals surface area contributed by atoms with Gasteiger partial charge in [-0.2, -0.15) is 5.10 Å². The van der Waals surface area contributed by atoms with E-state index in [9.17, 15) is 14.4 Å². The van der Waals surface area contributed by atoms with Crippen molar-refractivity contribution in [2.45, 2.75) is 46.1 Å². The molecule has 1 fully saturated rings. The highest BCUT2D eigenvalue weighted by molar-refractivity contribution is 6.02. The van der Waals surface area contributed by atoms with Crippen molar-refractivity contribution in [2.24, 2.45) is 17.8 Å². The second kappa shape index (κ2) is 8.54. The molecular formula is C21H26N2O5. The van der Waals surface area contributed by atoms with Crippen molar-refractivity contribution < 1.29 is 19.1 Å². The maximum absolute atomic E-state index is 12.4. The van der Waals surface area contributed by atoms with Crippen molar-refractivity contribution in [3.8, 4) is 0 Å². The molecule has 2 aromatic rings. The molecule has 7 heteroatoms. The fourth-order valence-corrected chi connectivity index (χ4v) is 3.92.